The number of fused-ring (bicyclic) bond motifs is 1. The van der Waals surface area contributed by atoms with Crippen LogP contribution in [0.5, 0.6) is 0 Å². The molecule has 1 amide bonds. The monoisotopic (exact) mass is 428 g/mol. The zero-order valence-electron chi connectivity index (χ0n) is 17.7. The molecule has 1 heterocycles. The van der Waals surface area contributed by atoms with Gasteiger partial charge in [-0.1, -0.05) is 60.7 Å². The smallest absolute Gasteiger partial charge is 0.323 e. The lowest BCUT2D eigenvalue weighted by atomic mass is 9.74. The lowest BCUT2D eigenvalue weighted by Crippen LogP contribution is -2.52. The van der Waals surface area contributed by atoms with E-state index in [9.17, 15) is 14.4 Å². The number of esters is 1. The van der Waals surface area contributed by atoms with E-state index in [-0.39, 0.29) is 18.7 Å². The minimum absolute atomic E-state index is 0.181. The molecule has 0 bridgehead atoms. The third kappa shape index (κ3) is 3.99. The highest BCUT2D eigenvalue weighted by molar-refractivity contribution is 6.10. The summed E-state index contributed by atoms with van der Waals surface area (Å²) in [6.45, 7) is 0. The van der Waals surface area contributed by atoms with E-state index in [1.54, 1.807) is 48.6 Å². The number of hydrogen-bond donors (Lipinski definition) is 2. The standard InChI is InChI=1S/C26H24N2O4/c1-32-25(31)26(14-8-3-9-15-26)23(29)22(28-24(30)18-10-4-2-5-11-18)16-19-17-27-21-13-7-6-12-20(19)21/h2-14,17,22,27H,15-16H2,1H3,(H,28,30)/t22-,26?/m0/s1. The van der Waals surface area contributed by atoms with Crippen molar-refractivity contribution in [3.63, 3.8) is 0 Å². The molecule has 0 spiro atoms. The molecule has 1 aliphatic rings. The average molecular weight is 428 g/mol. The summed E-state index contributed by atoms with van der Waals surface area (Å²) in [7, 11) is 1.26. The number of para-hydroxylation sites is 1. The van der Waals surface area contributed by atoms with Crippen molar-refractivity contribution in [3.8, 4) is 0 Å². The first-order chi connectivity index (χ1) is 15.5. The van der Waals surface area contributed by atoms with Gasteiger partial charge in [0.2, 0.25) is 0 Å². The highest BCUT2D eigenvalue weighted by Gasteiger charge is 2.47. The number of nitrogens with one attached hydrogen (secondary N) is 2. The maximum absolute atomic E-state index is 13.8. The number of methoxy groups -OCH3 is 1. The predicted octanol–water partition coefficient (Wildman–Crippen LogP) is 3.75. The first kappa shape index (κ1) is 21.3. The van der Waals surface area contributed by atoms with Gasteiger partial charge in [0.05, 0.1) is 13.2 Å². The van der Waals surface area contributed by atoms with E-state index in [4.69, 9.17) is 4.74 Å². The van der Waals surface area contributed by atoms with Crippen LogP contribution in [0.4, 0.5) is 0 Å². The van der Waals surface area contributed by atoms with Crippen LogP contribution in [-0.4, -0.2) is 35.8 Å². The minimum Gasteiger partial charge on any atom is -0.468 e. The van der Waals surface area contributed by atoms with E-state index in [0.29, 0.717) is 5.56 Å². The number of carbonyl (C=O) groups is 3. The molecule has 162 valence electrons. The van der Waals surface area contributed by atoms with Gasteiger partial charge in [0.1, 0.15) is 5.41 Å². The van der Waals surface area contributed by atoms with Crippen LogP contribution < -0.4 is 5.32 Å². The van der Waals surface area contributed by atoms with Crippen molar-refractivity contribution < 1.29 is 19.1 Å². The molecule has 2 aromatic carbocycles. The summed E-state index contributed by atoms with van der Waals surface area (Å²) < 4.78 is 5.00. The normalized spacial score (nSPS) is 18.3. The number of allylic oxidation sites excluding steroid dienone is 3. The summed E-state index contributed by atoms with van der Waals surface area (Å²) >= 11 is 0. The summed E-state index contributed by atoms with van der Waals surface area (Å²) in [5, 5.41) is 3.83. The van der Waals surface area contributed by atoms with Crippen molar-refractivity contribution in [1.82, 2.24) is 10.3 Å². The van der Waals surface area contributed by atoms with E-state index in [2.05, 4.69) is 10.3 Å². The number of amides is 1. The fourth-order valence-electron chi connectivity index (χ4n) is 4.11. The summed E-state index contributed by atoms with van der Waals surface area (Å²) in [6, 6.07) is 15.5. The van der Waals surface area contributed by atoms with Gasteiger partial charge in [-0.25, -0.2) is 0 Å². The second kappa shape index (κ2) is 9.06. The largest absolute Gasteiger partial charge is 0.468 e. The van der Waals surface area contributed by atoms with Gasteiger partial charge in [0, 0.05) is 29.1 Å². The molecule has 6 heteroatoms. The molecular weight excluding hydrogens is 404 g/mol. The lowest BCUT2D eigenvalue weighted by molar-refractivity contribution is -0.155. The first-order valence-electron chi connectivity index (χ1n) is 10.4. The molecule has 0 fully saturated rings. The molecule has 0 saturated heterocycles. The van der Waals surface area contributed by atoms with Crippen LogP contribution in [0.2, 0.25) is 0 Å². The molecule has 32 heavy (non-hydrogen) atoms. The Hall–Kier alpha value is -3.93. The van der Waals surface area contributed by atoms with Crippen molar-refractivity contribution in [3.05, 3.63) is 96.2 Å². The van der Waals surface area contributed by atoms with Gasteiger partial charge in [0.15, 0.2) is 5.78 Å². The van der Waals surface area contributed by atoms with Crippen LogP contribution in [0.25, 0.3) is 10.9 Å². The van der Waals surface area contributed by atoms with Gasteiger partial charge >= 0.3 is 5.97 Å². The summed E-state index contributed by atoms with van der Waals surface area (Å²) in [4.78, 5) is 42.8. The zero-order chi connectivity index (χ0) is 22.6. The molecule has 0 aliphatic heterocycles. The summed E-state index contributed by atoms with van der Waals surface area (Å²) in [5.74, 6) is -1.42. The van der Waals surface area contributed by atoms with E-state index in [0.717, 1.165) is 16.5 Å². The molecule has 2 N–H and O–H groups in total. The van der Waals surface area contributed by atoms with Crippen LogP contribution in [0.3, 0.4) is 0 Å². The van der Waals surface area contributed by atoms with E-state index in [1.807, 2.05) is 36.5 Å². The number of aromatic nitrogens is 1. The molecule has 3 aromatic rings. The van der Waals surface area contributed by atoms with Crippen LogP contribution in [0.15, 0.2) is 85.1 Å². The number of rotatable bonds is 7. The van der Waals surface area contributed by atoms with Crippen LogP contribution >= 0.6 is 0 Å². The van der Waals surface area contributed by atoms with Crippen molar-refractivity contribution in [1.29, 1.82) is 0 Å². The van der Waals surface area contributed by atoms with Gasteiger partial charge < -0.3 is 15.0 Å². The van der Waals surface area contributed by atoms with Crippen molar-refractivity contribution in [2.75, 3.05) is 7.11 Å². The molecule has 1 aromatic heterocycles. The number of Topliss-reactive ketones (excluding diaryl/α,β-unsaturated/α-hetero) is 1. The highest BCUT2D eigenvalue weighted by Crippen LogP contribution is 2.33. The Labute approximate surface area is 186 Å². The Morgan fingerprint density at radius 3 is 2.53 bits per heavy atom. The zero-order valence-corrected chi connectivity index (χ0v) is 17.7. The fraction of sp³-hybridized carbons (Fsp3) is 0.192. The molecule has 0 saturated carbocycles. The van der Waals surface area contributed by atoms with Gasteiger partial charge in [-0.2, -0.15) is 0 Å². The second-order valence-corrected chi connectivity index (χ2v) is 7.77. The quantitative estimate of drug-likeness (QED) is 0.443. The van der Waals surface area contributed by atoms with Gasteiger partial charge in [-0.3, -0.25) is 14.4 Å². The molecule has 4 rings (SSSR count). The Bertz CT molecular complexity index is 1210. The average Bonchev–Trinajstić information content (AvgIpc) is 3.26. The fourth-order valence-corrected chi connectivity index (χ4v) is 4.11. The third-order valence-electron chi connectivity index (χ3n) is 5.81. The highest BCUT2D eigenvalue weighted by atomic mass is 16.5. The molecule has 6 nitrogen and oxygen atoms in total. The van der Waals surface area contributed by atoms with Crippen LogP contribution in [0.1, 0.15) is 22.3 Å². The number of H-pyrrole nitrogens is 1. The number of ether oxygens (including phenoxy) is 1. The van der Waals surface area contributed by atoms with Gasteiger partial charge in [0.25, 0.3) is 5.91 Å². The topological polar surface area (TPSA) is 88.3 Å². The third-order valence-corrected chi connectivity index (χ3v) is 5.81. The van der Waals surface area contributed by atoms with Crippen LogP contribution in [0, 0.1) is 5.41 Å². The number of aromatic amines is 1. The number of ketones is 1. The number of carbonyl (C=O) groups excluding carboxylic acids is 3. The predicted molar refractivity (Wildman–Crippen MR) is 122 cm³/mol. The maximum atomic E-state index is 13.8. The Kier molecular flexibility index (Phi) is 6.03. The molecule has 2 atom stereocenters. The van der Waals surface area contributed by atoms with Crippen molar-refractivity contribution >= 4 is 28.6 Å². The SMILES string of the molecule is COC(=O)C1(C(=O)[C@H](Cc2c[nH]c3ccccc23)NC(=O)c2ccccc2)C=CC=CC1. The molecule has 0 radical (unpaired) electrons. The molecule has 1 aliphatic carbocycles. The minimum atomic E-state index is -1.48. The van der Waals surface area contributed by atoms with Crippen molar-refractivity contribution in [2.45, 2.75) is 18.9 Å². The van der Waals surface area contributed by atoms with Gasteiger partial charge in [-0.15, -0.1) is 0 Å². The molecule has 1 unspecified atom stereocenters. The molecular formula is C26H24N2O4. The van der Waals surface area contributed by atoms with Crippen molar-refractivity contribution in [2.24, 2.45) is 5.41 Å². The van der Waals surface area contributed by atoms with Gasteiger partial charge in [-0.05, 0) is 30.2 Å². The first-order valence-corrected chi connectivity index (χ1v) is 10.4. The van der Waals surface area contributed by atoms with E-state index in [1.165, 1.54) is 7.11 Å². The second-order valence-electron chi connectivity index (χ2n) is 7.77. The Morgan fingerprint density at radius 1 is 1.06 bits per heavy atom. The lowest BCUT2D eigenvalue weighted by Gasteiger charge is -2.31. The van der Waals surface area contributed by atoms with E-state index < -0.39 is 23.2 Å². The number of benzene rings is 2. The summed E-state index contributed by atoms with van der Waals surface area (Å²) in [5.41, 5.74) is 0.772. The Balaban J connectivity index is 1.71. The number of hydrogen-bond acceptors (Lipinski definition) is 4. The maximum Gasteiger partial charge on any atom is 0.323 e. The van der Waals surface area contributed by atoms with E-state index >= 15 is 0 Å². The van der Waals surface area contributed by atoms with Crippen LogP contribution in [-0.2, 0) is 20.7 Å². The Morgan fingerprint density at radius 2 is 1.81 bits per heavy atom. The summed E-state index contributed by atoms with van der Waals surface area (Å²) in [6.07, 6.45) is 9.03.